The fraction of sp³-hybridized carbons (Fsp3) is 0.367. The van der Waals surface area contributed by atoms with Gasteiger partial charge in [0.2, 0.25) is 11.8 Å². The summed E-state index contributed by atoms with van der Waals surface area (Å²) in [7, 11) is 3.38. The zero-order valence-electron chi connectivity index (χ0n) is 23.4. The molecule has 2 aromatic carbocycles. The van der Waals surface area contributed by atoms with Gasteiger partial charge in [0.15, 0.2) is 5.13 Å². The summed E-state index contributed by atoms with van der Waals surface area (Å²) < 4.78 is 5.60. The molecular formula is C30H33N5O5S2. The maximum atomic E-state index is 13.4. The van der Waals surface area contributed by atoms with Crippen LogP contribution in [-0.2, 0) is 20.9 Å². The first-order valence-corrected chi connectivity index (χ1v) is 15.7. The molecule has 1 saturated carbocycles. The number of thiazole rings is 1. The van der Waals surface area contributed by atoms with Crippen molar-refractivity contribution < 1.29 is 23.9 Å². The Labute approximate surface area is 252 Å². The molecule has 42 heavy (non-hydrogen) atoms. The number of nitrogens with zero attached hydrogens (tertiary/aromatic N) is 3. The van der Waals surface area contributed by atoms with Crippen molar-refractivity contribution in [1.82, 2.24) is 20.1 Å². The van der Waals surface area contributed by atoms with E-state index in [0.717, 1.165) is 24.0 Å². The van der Waals surface area contributed by atoms with Gasteiger partial charge < -0.3 is 20.3 Å². The van der Waals surface area contributed by atoms with E-state index in [1.165, 1.54) is 32.9 Å². The minimum Gasteiger partial charge on any atom is -0.445 e. The minimum atomic E-state index is -0.783. The van der Waals surface area contributed by atoms with Gasteiger partial charge >= 0.3 is 6.09 Å². The summed E-state index contributed by atoms with van der Waals surface area (Å²) in [6.45, 7) is 0.0788. The molecule has 220 valence electrons. The highest BCUT2D eigenvalue weighted by molar-refractivity contribution is 8.00. The maximum absolute atomic E-state index is 13.4. The third-order valence-corrected chi connectivity index (χ3v) is 9.12. The van der Waals surface area contributed by atoms with Crippen molar-refractivity contribution in [3.63, 3.8) is 0 Å². The Morgan fingerprint density at radius 3 is 2.48 bits per heavy atom. The van der Waals surface area contributed by atoms with E-state index in [1.807, 2.05) is 47.8 Å². The largest absolute Gasteiger partial charge is 0.445 e. The molecule has 1 unspecified atom stereocenters. The molecule has 12 heteroatoms. The van der Waals surface area contributed by atoms with Gasteiger partial charge in [-0.25, -0.2) is 9.78 Å². The van der Waals surface area contributed by atoms with Crippen LogP contribution in [0.3, 0.4) is 0 Å². The van der Waals surface area contributed by atoms with Crippen LogP contribution in [0.5, 0.6) is 0 Å². The Morgan fingerprint density at radius 2 is 1.79 bits per heavy atom. The number of carbonyl (C=O) groups is 4. The smallest absolute Gasteiger partial charge is 0.411 e. The second-order valence-electron chi connectivity index (χ2n) is 10.4. The van der Waals surface area contributed by atoms with Gasteiger partial charge in [-0.15, -0.1) is 23.1 Å². The molecule has 3 aromatic rings. The molecule has 2 heterocycles. The van der Waals surface area contributed by atoms with E-state index in [2.05, 4.69) is 15.6 Å². The summed E-state index contributed by atoms with van der Waals surface area (Å²) in [5, 5.41) is 7.69. The minimum absolute atomic E-state index is 0.0482. The third kappa shape index (κ3) is 7.48. The van der Waals surface area contributed by atoms with Gasteiger partial charge in [0.25, 0.3) is 5.91 Å². The van der Waals surface area contributed by atoms with Crippen LogP contribution < -0.4 is 10.6 Å². The number of hydrogen-bond donors (Lipinski definition) is 2. The number of nitrogens with one attached hydrogen (secondary N) is 2. The quantitative estimate of drug-likeness (QED) is 0.346. The van der Waals surface area contributed by atoms with Crippen molar-refractivity contribution >= 4 is 52.0 Å². The number of rotatable bonds is 10. The highest BCUT2D eigenvalue weighted by Crippen LogP contribution is 2.34. The highest BCUT2D eigenvalue weighted by atomic mass is 32.2. The number of anilines is 1. The monoisotopic (exact) mass is 607 g/mol. The Morgan fingerprint density at radius 1 is 1.05 bits per heavy atom. The molecule has 2 aliphatic rings. The van der Waals surface area contributed by atoms with Crippen LogP contribution >= 0.6 is 23.1 Å². The zero-order chi connectivity index (χ0) is 29.6. The van der Waals surface area contributed by atoms with Gasteiger partial charge in [0, 0.05) is 48.8 Å². The number of thioether (sulfide) groups is 1. The van der Waals surface area contributed by atoms with Crippen LogP contribution in [0.15, 0.2) is 60.0 Å². The van der Waals surface area contributed by atoms with Gasteiger partial charge in [-0.1, -0.05) is 42.5 Å². The molecule has 2 fully saturated rings. The Balaban J connectivity index is 1.24. The van der Waals surface area contributed by atoms with Crippen molar-refractivity contribution in [3.8, 4) is 11.3 Å². The van der Waals surface area contributed by atoms with E-state index >= 15 is 0 Å². The lowest BCUT2D eigenvalue weighted by Crippen LogP contribution is -2.48. The number of benzene rings is 2. The molecule has 4 amide bonds. The van der Waals surface area contributed by atoms with Crippen molar-refractivity contribution in [2.24, 2.45) is 0 Å². The second kappa shape index (κ2) is 13.4. The van der Waals surface area contributed by atoms with Crippen LogP contribution in [0.1, 0.15) is 41.6 Å². The summed E-state index contributed by atoms with van der Waals surface area (Å²) in [5.74, 6) is -0.127. The van der Waals surface area contributed by atoms with Crippen molar-refractivity contribution in [1.29, 1.82) is 0 Å². The number of carbonyl (C=O) groups excluding carboxylic acids is 4. The van der Waals surface area contributed by atoms with E-state index in [9.17, 15) is 19.2 Å². The molecular weight excluding hydrogens is 574 g/mol. The first-order chi connectivity index (χ1) is 20.3. The fourth-order valence-electron chi connectivity index (χ4n) is 4.44. The van der Waals surface area contributed by atoms with Crippen LogP contribution in [0.25, 0.3) is 11.3 Å². The molecule has 0 bridgehead atoms. The summed E-state index contributed by atoms with van der Waals surface area (Å²) in [5.41, 5.74) is 2.92. The van der Waals surface area contributed by atoms with E-state index in [4.69, 9.17) is 4.74 Å². The summed E-state index contributed by atoms with van der Waals surface area (Å²) >= 11 is 2.74. The van der Waals surface area contributed by atoms with E-state index in [0.29, 0.717) is 28.6 Å². The second-order valence-corrected chi connectivity index (χ2v) is 12.5. The van der Waals surface area contributed by atoms with Crippen molar-refractivity contribution in [2.75, 3.05) is 25.2 Å². The maximum Gasteiger partial charge on any atom is 0.411 e. The average Bonchev–Trinajstić information content (AvgIpc) is 3.51. The number of amides is 4. The van der Waals surface area contributed by atoms with Crippen LogP contribution in [0, 0.1) is 0 Å². The predicted molar refractivity (Wildman–Crippen MR) is 163 cm³/mol. The zero-order valence-corrected chi connectivity index (χ0v) is 25.1. The van der Waals surface area contributed by atoms with E-state index in [-0.39, 0.29) is 42.2 Å². The lowest BCUT2D eigenvalue weighted by Gasteiger charge is -2.28. The van der Waals surface area contributed by atoms with E-state index < -0.39 is 12.1 Å². The Hall–Kier alpha value is -3.90. The molecule has 1 aromatic heterocycles. The van der Waals surface area contributed by atoms with Crippen LogP contribution in [-0.4, -0.2) is 75.9 Å². The molecule has 5 rings (SSSR count). The van der Waals surface area contributed by atoms with Gasteiger partial charge in [0.1, 0.15) is 12.6 Å². The molecule has 10 nitrogen and oxygen atoms in total. The molecule has 1 aliphatic carbocycles. The SMILES string of the molecule is CN(C)C(=O)CCC1SC[C@@H](C(=O)Nc2nc(-c3ccc(C(=O)NC4CC4)cc3)cs2)N1C(=O)OCc1ccccc1. The molecule has 1 aliphatic heterocycles. The first-order valence-electron chi connectivity index (χ1n) is 13.8. The summed E-state index contributed by atoms with van der Waals surface area (Å²) in [6, 6.07) is 16.0. The topological polar surface area (TPSA) is 121 Å². The molecule has 0 spiro atoms. The number of ether oxygens (including phenoxy) is 1. The van der Waals surface area contributed by atoms with Gasteiger partial charge in [-0.3, -0.25) is 19.3 Å². The van der Waals surface area contributed by atoms with Crippen molar-refractivity contribution in [3.05, 3.63) is 71.1 Å². The van der Waals surface area contributed by atoms with Crippen molar-refractivity contribution in [2.45, 2.75) is 49.7 Å². The Bertz CT molecular complexity index is 1430. The molecule has 2 atom stereocenters. The third-order valence-electron chi connectivity index (χ3n) is 7.00. The van der Waals surface area contributed by atoms with Crippen LogP contribution in [0.2, 0.25) is 0 Å². The summed E-state index contributed by atoms with van der Waals surface area (Å²) in [4.78, 5) is 58.7. The van der Waals surface area contributed by atoms with Gasteiger partial charge in [-0.2, -0.15) is 0 Å². The fourth-order valence-corrected chi connectivity index (χ4v) is 6.56. The number of aromatic nitrogens is 1. The van der Waals surface area contributed by atoms with E-state index in [1.54, 1.807) is 26.2 Å². The standard InChI is InChI=1S/C30H33N5O5S2/c1-34(2)25(36)14-15-26-35(30(39)40-16-19-6-4-3-5-7-19)24(18-41-26)28(38)33-29-32-23(17-42-29)20-8-10-21(11-9-20)27(37)31-22-12-13-22/h3-11,17,22,24,26H,12-16,18H2,1-2H3,(H,31,37)(H,32,33,38)/t24-,26?/m0/s1. The molecule has 0 radical (unpaired) electrons. The molecule has 2 N–H and O–H groups in total. The lowest BCUT2D eigenvalue weighted by molar-refractivity contribution is -0.128. The number of hydrogen-bond acceptors (Lipinski definition) is 8. The average molecular weight is 608 g/mol. The predicted octanol–water partition coefficient (Wildman–Crippen LogP) is 4.59. The Kier molecular flexibility index (Phi) is 9.43. The van der Waals surface area contributed by atoms with Gasteiger partial charge in [-0.05, 0) is 37.0 Å². The summed E-state index contributed by atoms with van der Waals surface area (Å²) in [6.07, 6.45) is 2.11. The highest BCUT2D eigenvalue weighted by Gasteiger charge is 2.43. The molecule has 1 saturated heterocycles. The van der Waals surface area contributed by atoms with Crippen LogP contribution in [0.4, 0.5) is 9.93 Å². The first kappa shape index (κ1) is 29.6. The lowest BCUT2D eigenvalue weighted by atomic mass is 10.1. The normalized spacial score (nSPS) is 17.9. The van der Waals surface area contributed by atoms with Gasteiger partial charge in [0.05, 0.1) is 11.1 Å².